The molecule has 0 aliphatic rings. The normalized spacial score (nSPS) is 10.1. The van der Waals surface area contributed by atoms with E-state index < -0.39 is 0 Å². The van der Waals surface area contributed by atoms with Crippen LogP contribution in [0.1, 0.15) is 30.6 Å². The number of anilines is 3. The maximum absolute atomic E-state index is 11.9. The molecule has 0 unspecified atom stereocenters. The molecule has 0 spiro atoms. The van der Waals surface area contributed by atoms with Crippen molar-refractivity contribution in [2.24, 2.45) is 0 Å². The van der Waals surface area contributed by atoms with Crippen molar-refractivity contribution in [3.8, 4) is 0 Å². The van der Waals surface area contributed by atoms with E-state index >= 15 is 0 Å². The largest absolute Gasteiger partial charge is 0.462 e. The third-order valence-corrected chi connectivity index (χ3v) is 2.78. The average Bonchev–Trinajstić information content (AvgIpc) is 2.54. The summed E-state index contributed by atoms with van der Waals surface area (Å²) in [6.07, 6.45) is 2.54. The molecule has 0 bridgehead atoms. The molecule has 0 amide bonds. The minimum atomic E-state index is -0.390. The average molecular weight is 301 g/mol. The molecule has 0 saturated carbocycles. The Labute approximate surface area is 129 Å². The molecule has 22 heavy (non-hydrogen) atoms. The van der Waals surface area contributed by atoms with Crippen molar-refractivity contribution < 1.29 is 9.53 Å². The van der Waals surface area contributed by atoms with Crippen molar-refractivity contribution in [2.75, 3.05) is 23.8 Å². The van der Waals surface area contributed by atoms with Gasteiger partial charge in [-0.25, -0.2) is 4.79 Å². The molecule has 1 heterocycles. The molecule has 2 N–H and O–H groups in total. The number of hydrogen-bond donors (Lipinski definition) is 2. The lowest BCUT2D eigenvalue weighted by Crippen LogP contribution is -2.10. The fourth-order valence-corrected chi connectivity index (χ4v) is 1.79. The predicted molar refractivity (Wildman–Crippen MR) is 84.3 cm³/mol. The van der Waals surface area contributed by atoms with Crippen molar-refractivity contribution in [3.63, 3.8) is 0 Å². The highest BCUT2D eigenvalue weighted by Gasteiger charge is 2.13. The third kappa shape index (κ3) is 4.15. The molecule has 116 valence electrons. The number of ether oxygens (including phenoxy) is 1. The van der Waals surface area contributed by atoms with E-state index in [1.165, 1.54) is 0 Å². The summed E-state index contributed by atoms with van der Waals surface area (Å²) in [5, 5.41) is 14.0. The summed E-state index contributed by atoms with van der Waals surface area (Å²) in [5.74, 6) is 0.560. The van der Waals surface area contributed by atoms with E-state index in [9.17, 15) is 4.79 Å². The van der Waals surface area contributed by atoms with Crippen molar-refractivity contribution in [2.45, 2.75) is 20.3 Å². The summed E-state index contributed by atoms with van der Waals surface area (Å²) in [4.78, 5) is 16.2. The maximum atomic E-state index is 11.9. The number of hydrogen-bond acceptors (Lipinski definition) is 7. The summed E-state index contributed by atoms with van der Waals surface area (Å²) in [7, 11) is 0. The monoisotopic (exact) mass is 301 g/mol. The van der Waals surface area contributed by atoms with Crippen LogP contribution in [0.3, 0.4) is 0 Å². The molecule has 7 heteroatoms. The van der Waals surface area contributed by atoms with E-state index in [0.29, 0.717) is 29.6 Å². The van der Waals surface area contributed by atoms with Crippen LogP contribution < -0.4 is 10.6 Å². The van der Waals surface area contributed by atoms with Crippen LogP contribution in [0.15, 0.2) is 30.5 Å². The van der Waals surface area contributed by atoms with Gasteiger partial charge in [0, 0.05) is 6.54 Å². The Hall–Kier alpha value is -2.70. The van der Waals surface area contributed by atoms with Gasteiger partial charge in [0.05, 0.1) is 24.1 Å². The smallest absolute Gasteiger partial charge is 0.340 e. The molecule has 0 saturated heterocycles. The van der Waals surface area contributed by atoms with Crippen molar-refractivity contribution in [1.29, 1.82) is 0 Å². The van der Waals surface area contributed by atoms with Gasteiger partial charge in [-0.3, -0.25) is 0 Å². The second-order valence-electron chi connectivity index (χ2n) is 4.48. The second-order valence-corrected chi connectivity index (χ2v) is 4.48. The van der Waals surface area contributed by atoms with Gasteiger partial charge in [-0.2, -0.15) is 10.1 Å². The molecule has 0 atom stereocenters. The van der Waals surface area contributed by atoms with Crippen molar-refractivity contribution >= 4 is 23.4 Å². The topological polar surface area (TPSA) is 89.0 Å². The van der Waals surface area contributed by atoms with Gasteiger partial charge in [0.25, 0.3) is 0 Å². The molecule has 0 radical (unpaired) electrons. The number of benzene rings is 1. The highest BCUT2D eigenvalue weighted by Crippen LogP contribution is 2.19. The first kappa shape index (κ1) is 15.7. The number of esters is 1. The van der Waals surface area contributed by atoms with Crippen LogP contribution in [0.25, 0.3) is 0 Å². The van der Waals surface area contributed by atoms with Crippen molar-refractivity contribution in [1.82, 2.24) is 15.2 Å². The van der Waals surface area contributed by atoms with E-state index in [0.717, 1.165) is 13.0 Å². The minimum Gasteiger partial charge on any atom is -0.462 e. The fraction of sp³-hybridized carbons (Fsp3) is 0.333. The Morgan fingerprint density at radius 3 is 2.86 bits per heavy atom. The first-order valence-corrected chi connectivity index (χ1v) is 7.21. The highest BCUT2D eigenvalue weighted by molar-refractivity contribution is 5.96. The third-order valence-electron chi connectivity index (χ3n) is 2.78. The molecule has 2 aromatic rings. The standard InChI is InChI=1S/C15H19N5O2/c1-3-9-16-13-10-17-20-15(19-13)18-12-8-6-5-7-11(12)14(21)22-4-2/h5-8,10H,3-4,9H2,1-2H3,(H2,16,18,19,20). The zero-order valence-corrected chi connectivity index (χ0v) is 12.7. The van der Waals surface area contributed by atoms with Crippen LogP contribution in [0.4, 0.5) is 17.5 Å². The van der Waals surface area contributed by atoms with Crippen LogP contribution in [-0.4, -0.2) is 34.3 Å². The van der Waals surface area contributed by atoms with Crippen LogP contribution >= 0.6 is 0 Å². The summed E-state index contributed by atoms with van der Waals surface area (Å²) < 4.78 is 5.04. The van der Waals surface area contributed by atoms with Gasteiger partial charge < -0.3 is 15.4 Å². The van der Waals surface area contributed by atoms with Crippen LogP contribution in [0.5, 0.6) is 0 Å². The number of rotatable bonds is 7. The van der Waals surface area contributed by atoms with Gasteiger partial charge in [0.1, 0.15) is 0 Å². The zero-order chi connectivity index (χ0) is 15.8. The quantitative estimate of drug-likeness (QED) is 0.760. The number of aromatic nitrogens is 3. The lowest BCUT2D eigenvalue weighted by Gasteiger charge is -2.10. The molecule has 2 rings (SSSR count). The Morgan fingerprint density at radius 2 is 2.09 bits per heavy atom. The van der Waals surface area contributed by atoms with E-state index in [1.807, 2.05) is 6.07 Å². The SMILES string of the molecule is CCCNc1cnnc(Nc2ccccc2C(=O)OCC)n1. The van der Waals surface area contributed by atoms with E-state index in [4.69, 9.17) is 4.74 Å². The molecular formula is C15H19N5O2. The zero-order valence-electron chi connectivity index (χ0n) is 12.7. The molecule has 1 aromatic carbocycles. The molecule has 0 fully saturated rings. The Morgan fingerprint density at radius 1 is 1.27 bits per heavy atom. The lowest BCUT2D eigenvalue weighted by molar-refractivity contribution is 0.0527. The van der Waals surface area contributed by atoms with Gasteiger partial charge in [0.15, 0.2) is 5.82 Å². The van der Waals surface area contributed by atoms with Crippen molar-refractivity contribution in [3.05, 3.63) is 36.0 Å². The van der Waals surface area contributed by atoms with Crippen LogP contribution in [0, 0.1) is 0 Å². The van der Waals surface area contributed by atoms with Gasteiger partial charge in [-0.05, 0) is 25.5 Å². The van der Waals surface area contributed by atoms with Crippen LogP contribution in [0.2, 0.25) is 0 Å². The molecule has 0 aliphatic heterocycles. The number of nitrogens with zero attached hydrogens (tertiary/aromatic N) is 3. The van der Waals surface area contributed by atoms with Gasteiger partial charge in [0.2, 0.25) is 5.95 Å². The highest BCUT2D eigenvalue weighted by atomic mass is 16.5. The predicted octanol–water partition coefficient (Wildman–Crippen LogP) is 2.61. The number of nitrogens with one attached hydrogen (secondary N) is 2. The molecule has 7 nitrogen and oxygen atoms in total. The first-order chi connectivity index (χ1) is 10.7. The van der Waals surface area contributed by atoms with E-state index in [2.05, 4.69) is 32.7 Å². The Kier molecular flexibility index (Phi) is 5.65. The maximum Gasteiger partial charge on any atom is 0.340 e. The number of carbonyl (C=O) groups excluding carboxylic acids is 1. The van der Waals surface area contributed by atoms with Gasteiger partial charge in [-0.1, -0.05) is 19.1 Å². The van der Waals surface area contributed by atoms with Gasteiger partial charge >= 0.3 is 5.97 Å². The van der Waals surface area contributed by atoms with Gasteiger partial charge in [-0.15, -0.1) is 5.10 Å². The summed E-state index contributed by atoms with van der Waals surface area (Å²) in [5.41, 5.74) is 1.01. The van der Waals surface area contributed by atoms with E-state index in [1.54, 1.807) is 31.3 Å². The molecule has 0 aliphatic carbocycles. The molecular weight excluding hydrogens is 282 g/mol. The minimum absolute atomic E-state index is 0.317. The lowest BCUT2D eigenvalue weighted by atomic mass is 10.2. The van der Waals surface area contributed by atoms with Crippen LogP contribution in [-0.2, 0) is 4.74 Å². The summed E-state index contributed by atoms with van der Waals surface area (Å²) >= 11 is 0. The summed E-state index contributed by atoms with van der Waals surface area (Å²) in [6, 6.07) is 7.04. The number of carbonyl (C=O) groups is 1. The summed E-state index contributed by atoms with van der Waals surface area (Å²) in [6.45, 7) is 4.96. The van der Waals surface area contributed by atoms with E-state index in [-0.39, 0.29) is 5.97 Å². The fourth-order valence-electron chi connectivity index (χ4n) is 1.79. The Bertz CT molecular complexity index is 633. The Balaban J connectivity index is 2.18. The second kappa shape index (κ2) is 7.92. The number of para-hydroxylation sites is 1. The first-order valence-electron chi connectivity index (χ1n) is 7.21. The molecule has 1 aromatic heterocycles.